The van der Waals surface area contributed by atoms with E-state index in [2.05, 4.69) is 24.8 Å². The van der Waals surface area contributed by atoms with E-state index in [4.69, 9.17) is 5.11 Å². The summed E-state index contributed by atoms with van der Waals surface area (Å²) in [5, 5.41) is 29.9. The van der Waals surface area contributed by atoms with Crippen LogP contribution in [0.15, 0.2) is 11.6 Å². The Bertz CT molecular complexity index is 605. The fourth-order valence-corrected chi connectivity index (χ4v) is 4.91. The zero-order chi connectivity index (χ0) is 18.2. The molecule has 3 aliphatic carbocycles. The number of rotatable bonds is 4. The zero-order valence-corrected chi connectivity index (χ0v) is 15.2. The monoisotopic (exact) mass is 346 g/mol. The van der Waals surface area contributed by atoms with Crippen molar-refractivity contribution in [1.82, 2.24) is 0 Å². The number of carboxylic acid groups (broad SMARTS) is 1. The molecule has 3 rings (SSSR count). The summed E-state index contributed by atoms with van der Waals surface area (Å²) >= 11 is 0. The average molecular weight is 346 g/mol. The van der Waals surface area contributed by atoms with Gasteiger partial charge in [0.15, 0.2) is 0 Å². The summed E-state index contributed by atoms with van der Waals surface area (Å²) in [6, 6.07) is 0. The van der Waals surface area contributed by atoms with Crippen LogP contribution in [0.5, 0.6) is 0 Å². The molecule has 0 aromatic carbocycles. The molecule has 0 spiro atoms. The molecule has 2 unspecified atom stereocenters. The van der Waals surface area contributed by atoms with E-state index in [1.165, 1.54) is 12.0 Å². The first-order valence-electron chi connectivity index (χ1n) is 9.66. The Morgan fingerprint density at radius 1 is 1.32 bits per heavy atom. The van der Waals surface area contributed by atoms with Crippen LogP contribution < -0.4 is 0 Å². The van der Waals surface area contributed by atoms with Crippen molar-refractivity contribution in [3.05, 3.63) is 11.6 Å². The third-order valence-electron chi connectivity index (χ3n) is 6.73. The van der Waals surface area contributed by atoms with E-state index >= 15 is 0 Å². The predicted molar refractivity (Wildman–Crippen MR) is 95.6 cm³/mol. The largest absolute Gasteiger partial charge is 0.481 e. The molecular weight excluding hydrogens is 316 g/mol. The normalized spacial score (nSPS) is 38.6. The number of carboxylic acids is 1. The van der Waals surface area contributed by atoms with Crippen molar-refractivity contribution < 1.29 is 20.1 Å². The maximum Gasteiger partial charge on any atom is 0.303 e. The van der Waals surface area contributed by atoms with Gasteiger partial charge < -0.3 is 15.3 Å². The Balaban J connectivity index is 1.70. The minimum Gasteiger partial charge on any atom is -0.481 e. The lowest BCUT2D eigenvalue weighted by Gasteiger charge is -2.53. The van der Waals surface area contributed by atoms with Crippen molar-refractivity contribution in [3.63, 3.8) is 0 Å². The van der Waals surface area contributed by atoms with E-state index in [-0.39, 0.29) is 18.3 Å². The molecule has 6 atom stereocenters. The van der Waals surface area contributed by atoms with Crippen LogP contribution in [0.3, 0.4) is 0 Å². The van der Waals surface area contributed by atoms with Crippen LogP contribution in [0.2, 0.25) is 0 Å². The smallest absolute Gasteiger partial charge is 0.303 e. The van der Waals surface area contributed by atoms with Gasteiger partial charge in [-0.2, -0.15) is 0 Å². The predicted octanol–water partition coefficient (Wildman–Crippen LogP) is 2.99. The molecule has 4 nitrogen and oxygen atoms in total. The first-order valence-corrected chi connectivity index (χ1v) is 9.66. The molecule has 3 fully saturated rings. The van der Waals surface area contributed by atoms with E-state index in [1.54, 1.807) is 6.92 Å². The van der Waals surface area contributed by atoms with Crippen LogP contribution in [0.1, 0.15) is 58.8 Å². The van der Waals surface area contributed by atoms with Crippen LogP contribution in [0.25, 0.3) is 0 Å². The Morgan fingerprint density at radius 3 is 2.64 bits per heavy atom. The van der Waals surface area contributed by atoms with Crippen molar-refractivity contribution in [2.75, 3.05) is 0 Å². The Labute approximate surface area is 150 Å². The number of aliphatic hydroxyl groups excluding tert-OH is 1. The van der Waals surface area contributed by atoms with Gasteiger partial charge >= 0.3 is 5.97 Å². The lowest BCUT2D eigenvalue weighted by molar-refractivity contribution is -0.136. The van der Waals surface area contributed by atoms with Gasteiger partial charge in [-0.1, -0.05) is 36.8 Å². The van der Waals surface area contributed by atoms with Gasteiger partial charge in [-0.15, -0.1) is 0 Å². The SMILES string of the molecule is CC1C(=CCCC(=O)O)[C@H]2CC[C@@H](O)[C@H](C#CC(C)(O)C3CCC3)[C@@H]12. The fraction of sp³-hybridized carbons (Fsp3) is 0.762. The van der Waals surface area contributed by atoms with Gasteiger partial charge in [-0.25, -0.2) is 0 Å². The van der Waals surface area contributed by atoms with E-state index < -0.39 is 17.7 Å². The van der Waals surface area contributed by atoms with Gasteiger partial charge in [-0.05, 0) is 62.7 Å². The fourth-order valence-electron chi connectivity index (χ4n) is 4.91. The van der Waals surface area contributed by atoms with Gasteiger partial charge in [0, 0.05) is 6.42 Å². The topological polar surface area (TPSA) is 77.8 Å². The summed E-state index contributed by atoms with van der Waals surface area (Å²) in [4.78, 5) is 10.7. The van der Waals surface area contributed by atoms with Crippen LogP contribution in [0.4, 0.5) is 0 Å². The summed E-state index contributed by atoms with van der Waals surface area (Å²) in [6.45, 7) is 3.96. The molecule has 0 radical (unpaired) electrons. The highest BCUT2D eigenvalue weighted by atomic mass is 16.4. The molecule has 0 bridgehead atoms. The summed E-state index contributed by atoms with van der Waals surface area (Å²) in [7, 11) is 0. The summed E-state index contributed by atoms with van der Waals surface area (Å²) in [5.74, 6) is 6.83. The second-order valence-electron chi connectivity index (χ2n) is 8.32. The number of aliphatic carboxylic acids is 1. The number of carbonyl (C=O) groups is 1. The van der Waals surface area contributed by atoms with Gasteiger partial charge in [0.2, 0.25) is 0 Å². The van der Waals surface area contributed by atoms with Gasteiger partial charge in [0.25, 0.3) is 0 Å². The van der Waals surface area contributed by atoms with E-state index in [9.17, 15) is 15.0 Å². The van der Waals surface area contributed by atoms with Crippen LogP contribution >= 0.6 is 0 Å². The number of hydrogen-bond donors (Lipinski definition) is 3. The van der Waals surface area contributed by atoms with Crippen molar-refractivity contribution in [2.45, 2.75) is 70.5 Å². The Kier molecular flexibility index (Phi) is 5.27. The minimum atomic E-state index is -0.946. The second-order valence-corrected chi connectivity index (χ2v) is 8.32. The van der Waals surface area contributed by atoms with Crippen LogP contribution in [0, 0.1) is 41.4 Å². The standard InChI is InChI=1S/C21H30O4/c1-13-15(7-4-8-19(23)24)16-9-10-18(22)17(20(13)16)11-12-21(2,25)14-5-3-6-14/h7,13-14,16-18,20,22,25H,3-6,8-10H2,1-2H3,(H,23,24)/t13?,16-,17+,18-,20+,21?/m1/s1. The third-order valence-corrected chi connectivity index (χ3v) is 6.73. The first kappa shape index (κ1) is 18.5. The molecule has 4 heteroatoms. The van der Waals surface area contributed by atoms with Gasteiger partial charge in [0.05, 0.1) is 12.0 Å². The number of fused-ring (bicyclic) bond motifs is 1. The number of allylic oxidation sites excluding steroid dienone is 2. The maximum absolute atomic E-state index is 10.7. The molecule has 3 aliphatic rings. The quantitative estimate of drug-likeness (QED) is 0.540. The summed E-state index contributed by atoms with van der Waals surface area (Å²) in [5.41, 5.74) is 0.397. The highest BCUT2D eigenvalue weighted by Crippen LogP contribution is 2.55. The molecule has 25 heavy (non-hydrogen) atoms. The Morgan fingerprint density at radius 2 is 2.04 bits per heavy atom. The lowest BCUT2D eigenvalue weighted by Crippen LogP contribution is -2.50. The number of aliphatic hydroxyl groups is 2. The molecule has 0 aromatic rings. The van der Waals surface area contributed by atoms with Gasteiger partial charge in [0.1, 0.15) is 5.60 Å². The highest BCUT2D eigenvalue weighted by Gasteiger charge is 2.51. The molecule has 3 saturated carbocycles. The van der Waals surface area contributed by atoms with Crippen LogP contribution in [-0.4, -0.2) is 33.0 Å². The molecule has 0 heterocycles. The molecule has 0 aliphatic heterocycles. The van der Waals surface area contributed by atoms with Crippen molar-refractivity contribution in [3.8, 4) is 11.8 Å². The summed E-state index contributed by atoms with van der Waals surface area (Å²) < 4.78 is 0. The van der Waals surface area contributed by atoms with E-state index in [0.29, 0.717) is 24.2 Å². The third kappa shape index (κ3) is 3.64. The van der Waals surface area contributed by atoms with Gasteiger partial charge in [-0.3, -0.25) is 4.79 Å². The lowest BCUT2D eigenvalue weighted by atomic mass is 9.51. The second kappa shape index (κ2) is 7.13. The Hall–Kier alpha value is -1.31. The first-order chi connectivity index (χ1) is 11.8. The molecule has 0 aromatic heterocycles. The van der Waals surface area contributed by atoms with Crippen LogP contribution in [-0.2, 0) is 4.79 Å². The number of hydrogen-bond acceptors (Lipinski definition) is 3. The summed E-state index contributed by atoms with van der Waals surface area (Å²) in [6.07, 6.45) is 7.34. The highest BCUT2D eigenvalue weighted by molar-refractivity contribution is 5.66. The zero-order valence-electron chi connectivity index (χ0n) is 15.2. The van der Waals surface area contributed by atoms with E-state index in [0.717, 1.165) is 25.7 Å². The van der Waals surface area contributed by atoms with Crippen molar-refractivity contribution in [2.24, 2.45) is 29.6 Å². The molecular formula is C21H30O4. The minimum absolute atomic E-state index is 0.0862. The van der Waals surface area contributed by atoms with E-state index in [1.807, 2.05) is 0 Å². The molecule has 3 N–H and O–H groups in total. The average Bonchev–Trinajstić information content (AvgIpc) is 2.47. The maximum atomic E-state index is 10.7. The molecule has 0 amide bonds. The van der Waals surface area contributed by atoms with Crippen molar-refractivity contribution >= 4 is 5.97 Å². The molecule has 138 valence electrons. The molecule has 0 saturated heterocycles. The van der Waals surface area contributed by atoms with Crippen molar-refractivity contribution in [1.29, 1.82) is 0 Å².